The average molecular weight is 330 g/mol. The van der Waals surface area contributed by atoms with E-state index < -0.39 is 23.4 Å². The van der Waals surface area contributed by atoms with Crippen LogP contribution in [0.2, 0.25) is 0 Å². The van der Waals surface area contributed by atoms with Crippen LogP contribution < -0.4 is 10.6 Å². The molecule has 4 amide bonds. The zero-order valence-corrected chi connectivity index (χ0v) is 13.7. The second-order valence-electron chi connectivity index (χ2n) is 6.14. The summed E-state index contributed by atoms with van der Waals surface area (Å²) in [4.78, 5) is 41.3. The van der Waals surface area contributed by atoms with Gasteiger partial charge in [-0.1, -0.05) is 37.3 Å². The number of benzene rings is 1. The van der Waals surface area contributed by atoms with Crippen LogP contribution >= 0.6 is 0 Å². The summed E-state index contributed by atoms with van der Waals surface area (Å²) in [6, 6.07) is 8.17. The Hall–Kier alpha value is -2.25. The van der Waals surface area contributed by atoms with Crippen LogP contribution in [0, 0.1) is 0 Å². The summed E-state index contributed by atoms with van der Waals surface area (Å²) in [6.07, 6.45) is 1.07. The van der Waals surface area contributed by atoms with Gasteiger partial charge < -0.3 is 4.90 Å². The second kappa shape index (κ2) is 6.70. The number of amides is 4. The molecule has 0 aliphatic carbocycles. The predicted molar refractivity (Wildman–Crippen MR) is 88.1 cm³/mol. The lowest BCUT2D eigenvalue weighted by Gasteiger charge is -2.46. The van der Waals surface area contributed by atoms with E-state index in [-0.39, 0.29) is 0 Å². The summed E-state index contributed by atoms with van der Waals surface area (Å²) in [5, 5.41) is 4.54. The second-order valence-corrected chi connectivity index (χ2v) is 6.14. The summed E-state index contributed by atoms with van der Waals surface area (Å²) in [5.41, 5.74) is -0.913. The maximum absolute atomic E-state index is 12.8. The van der Waals surface area contributed by atoms with E-state index in [9.17, 15) is 14.4 Å². The van der Waals surface area contributed by atoms with Crippen LogP contribution in [-0.4, -0.2) is 60.4 Å². The smallest absolute Gasteiger partial charge is 0.301 e. The monoisotopic (exact) mass is 330 g/mol. The zero-order chi connectivity index (χ0) is 17.2. The number of imide groups is 2. The molecule has 2 aliphatic heterocycles. The zero-order valence-electron chi connectivity index (χ0n) is 13.7. The number of hydrogen-bond donors (Lipinski definition) is 2. The average Bonchev–Trinajstić information content (AvgIpc) is 2.57. The molecular weight excluding hydrogens is 308 g/mol. The third-order valence-corrected chi connectivity index (χ3v) is 4.69. The Morgan fingerprint density at radius 3 is 2.08 bits per heavy atom. The highest BCUT2D eigenvalue weighted by Gasteiger charge is 2.56. The Bertz CT molecular complexity index is 618. The summed E-state index contributed by atoms with van der Waals surface area (Å²) in [5.74, 6) is -1.15. The van der Waals surface area contributed by atoms with Crippen molar-refractivity contribution in [2.45, 2.75) is 18.9 Å². The maximum atomic E-state index is 12.8. The van der Waals surface area contributed by atoms with E-state index in [2.05, 4.69) is 22.5 Å². The lowest BCUT2D eigenvalue weighted by molar-refractivity contribution is -0.150. The first kappa shape index (κ1) is 16.6. The molecule has 7 heteroatoms. The van der Waals surface area contributed by atoms with Crippen LogP contribution in [0.3, 0.4) is 0 Å². The fraction of sp³-hybridized carbons (Fsp3) is 0.471. The summed E-state index contributed by atoms with van der Waals surface area (Å²) in [6.45, 7) is 5.89. The topological polar surface area (TPSA) is 81.8 Å². The van der Waals surface area contributed by atoms with E-state index in [1.165, 1.54) is 0 Å². The lowest BCUT2D eigenvalue weighted by Crippen LogP contribution is -2.72. The first-order valence-corrected chi connectivity index (χ1v) is 8.28. The number of barbiturate groups is 1. The van der Waals surface area contributed by atoms with Crippen LogP contribution in [0.25, 0.3) is 0 Å². The fourth-order valence-electron chi connectivity index (χ4n) is 3.56. The molecule has 1 aromatic carbocycles. The largest absolute Gasteiger partial charge is 0.328 e. The number of hydrogen-bond acceptors (Lipinski definition) is 5. The van der Waals surface area contributed by atoms with Crippen LogP contribution in [-0.2, 0) is 15.1 Å². The van der Waals surface area contributed by atoms with E-state index in [1.807, 2.05) is 11.0 Å². The number of carbonyl (C=O) groups excluding carboxylic acids is 3. The number of urea groups is 1. The third kappa shape index (κ3) is 2.70. The first-order chi connectivity index (χ1) is 11.6. The minimum absolute atomic E-state index is 0.577. The van der Waals surface area contributed by atoms with Gasteiger partial charge in [-0.05, 0) is 18.5 Å². The summed E-state index contributed by atoms with van der Waals surface area (Å²) in [7, 11) is 0. The number of nitrogens with one attached hydrogen (secondary N) is 2. The Balaban J connectivity index is 1.97. The number of nitrogens with zero attached hydrogens (tertiary/aromatic N) is 2. The molecule has 2 heterocycles. The van der Waals surface area contributed by atoms with Crippen molar-refractivity contribution in [3.05, 3.63) is 35.9 Å². The highest BCUT2D eigenvalue weighted by atomic mass is 16.2. The molecule has 2 aliphatic rings. The van der Waals surface area contributed by atoms with E-state index in [4.69, 9.17) is 0 Å². The molecule has 1 aromatic rings. The van der Waals surface area contributed by atoms with Crippen molar-refractivity contribution in [3.8, 4) is 0 Å². The van der Waals surface area contributed by atoms with Crippen molar-refractivity contribution in [2.24, 2.45) is 0 Å². The Morgan fingerprint density at radius 2 is 1.54 bits per heavy atom. The van der Waals surface area contributed by atoms with Crippen molar-refractivity contribution >= 4 is 17.8 Å². The summed E-state index contributed by atoms with van der Waals surface area (Å²) >= 11 is 0. The molecule has 128 valence electrons. The number of carbonyl (C=O) groups is 3. The van der Waals surface area contributed by atoms with E-state index in [1.54, 1.807) is 24.3 Å². The highest BCUT2D eigenvalue weighted by molar-refractivity contribution is 6.22. The molecule has 3 rings (SSSR count). The predicted octanol–water partition coefficient (Wildman–Crippen LogP) is 0.276. The Kier molecular flexibility index (Phi) is 4.64. The number of piperazine rings is 1. The standard InChI is InChI=1S/C17H22N4O3/c1-2-8-20-9-11-21(12-10-20)17(13-6-4-3-5-7-13)14(22)18-16(24)19-15(17)23/h3-7H,2,8-12H2,1H3,(H2,18,19,22,23,24). The normalized spacial score (nSPS) is 22.1. The van der Waals surface area contributed by atoms with Crippen molar-refractivity contribution in [3.63, 3.8) is 0 Å². The van der Waals surface area contributed by atoms with Crippen LogP contribution in [0.5, 0.6) is 0 Å². The quantitative estimate of drug-likeness (QED) is 0.775. The molecule has 0 radical (unpaired) electrons. The van der Waals surface area contributed by atoms with Gasteiger partial charge in [0.1, 0.15) is 0 Å². The van der Waals surface area contributed by atoms with Gasteiger partial charge in [0.25, 0.3) is 11.8 Å². The molecule has 7 nitrogen and oxygen atoms in total. The van der Waals surface area contributed by atoms with Gasteiger partial charge in [-0.2, -0.15) is 0 Å². The molecule has 2 N–H and O–H groups in total. The van der Waals surface area contributed by atoms with Gasteiger partial charge in [-0.15, -0.1) is 0 Å². The Labute approximate surface area is 141 Å². The molecule has 24 heavy (non-hydrogen) atoms. The molecule has 0 saturated carbocycles. The van der Waals surface area contributed by atoms with E-state index in [0.29, 0.717) is 18.7 Å². The molecular formula is C17H22N4O3. The van der Waals surface area contributed by atoms with Gasteiger partial charge >= 0.3 is 6.03 Å². The minimum Gasteiger partial charge on any atom is -0.301 e. The highest BCUT2D eigenvalue weighted by Crippen LogP contribution is 2.32. The molecule has 0 atom stereocenters. The Morgan fingerprint density at radius 1 is 0.958 bits per heavy atom. The molecule has 0 spiro atoms. The lowest BCUT2D eigenvalue weighted by atomic mass is 9.84. The van der Waals surface area contributed by atoms with E-state index in [0.717, 1.165) is 26.1 Å². The molecule has 2 saturated heterocycles. The minimum atomic E-state index is -1.49. The van der Waals surface area contributed by atoms with Gasteiger partial charge in [0.15, 0.2) is 0 Å². The SMILES string of the molecule is CCCN1CCN(C2(c3ccccc3)C(=O)NC(=O)NC2=O)CC1. The van der Waals surface area contributed by atoms with E-state index >= 15 is 0 Å². The number of rotatable bonds is 4. The van der Waals surface area contributed by atoms with Gasteiger partial charge in [-0.25, -0.2) is 4.79 Å². The van der Waals surface area contributed by atoms with Crippen molar-refractivity contribution < 1.29 is 14.4 Å². The van der Waals surface area contributed by atoms with Gasteiger partial charge in [0.05, 0.1) is 0 Å². The van der Waals surface area contributed by atoms with Crippen molar-refractivity contribution in [1.82, 2.24) is 20.4 Å². The third-order valence-electron chi connectivity index (χ3n) is 4.69. The fourth-order valence-corrected chi connectivity index (χ4v) is 3.56. The van der Waals surface area contributed by atoms with Gasteiger partial charge in [0.2, 0.25) is 5.54 Å². The molecule has 0 unspecified atom stereocenters. The van der Waals surface area contributed by atoms with Crippen molar-refractivity contribution in [1.29, 1.82) is 0 Å². The van der Waals surface area contributed by atoms with Crippen LogP contribution in [0.1, 0.15) is 18.9 Å². The maximum Gasteiger partial charge on any atom is 0.328 e. The molecule has 0 aromatic heterocycles. The van der Waals surface area contributed by atoms with Crippen LogP contribution in [0.15, 0.2) is 30.3 Å². The first-order valence-electron chi connectivity index (χ1n) is 8.28. The molecule has 2 fully saturated rings. The van der Waals surface area contributed by atoms with Crippen LogP contribution in [0.4, 0.5) is 4.79 Å². The molecule has 0 bridgehead atoms. The van der Waals surface area contributed by atoms with Crippen molar-refractivity contribution in [2.75, 3.05) is 32.7 Å². The van der Waals surface area contributed by atoms with Gasteiger partial charge in [-0.3, -0.25) is 25.1 Å². The summed E-state index contributed by atoms with van der Waals surface area (Å²) < 4.78 is 0. The van der Waals surface area contributed by atoms with Gasteiger partial charge in [0, 0.05) is 26.2 Å².